The fraction of sp³-hybridized carbons (Fsp3) is 0.333. The van der Waals surface area contributed by atoms with E-state index in [0.717, 1.165) is 0 Å². The summed E-state index contributed by atoms with van der Waals surface area (Å²) < 4.78 is 17.3. The fourth-order valence-corrected chi connectivity index (χ4v) is 1.18. The van der Waals surface area contributed by atoms with Gasteiger partial charge in [0.1, 0.15) is 5.60 Å². The van der Waals surface area contributed by atoms with Crippen molar-refractivity contribution in [2.75, 3.05) is 0 Å². The number of rotatable bonds is 2. The minimum Gasteiger partial charge on any atom is -0.443 e. The summed E-state index contributed by atoms with van der Waals surface area (Å²) in [6, 6.07) is 2.68. The zero-order valence-corrected chi connectivity index (χ0v) is 8.51. The third-order valence-electron chi connectivity index (χ3n) is 1.76. The van der Waals surface area contributed by atoms with Crippen molar-refractivity contribution in [2.45, 2.75) is 19.4 Å². The van der Waals surface area contributed by atoms with Crippen molar-refractivity contribution in [3.05, 3.63) is 29.8 Å². The van der Waals surface area contributed by atoms with Gasteiger partial charge in [0.25, 0.3) is 0 Å². The molecule has 0 amide bonds. The number of halogens is 2. The van der Waals surface area contributed by atoms with Crippen molar-refractivity contribution in [3.63, 3.8) is 0 Å². The van der Waals surface area contributed by atoms with E-state index in [1.807, 2.05) is 0 Å². The van der Waals surface area contributed by atoms with Crippen molar-refractivity contribution in [1.82, 2.24) is 4.98 Å². The summed E-state index contributed by atoms with van der Waals surface area (Å²) in [6.45, 7) is 3.28. The molecule has 0 aliphatic rings. The predicted molar refractivity (Wildman–Crippen MR) is 49.6 cm³/mol. The van der Waals surface area contributed by atoms with Gasteiger partial charge < -0.3 is 4.74 Å². The standard InChI is InChI=1S/C9H9ClFNO2/c1-9(2,14-8(10)13)6-3-4-7(11)12-5-6/h3-5H,1-2H3. The number of hydrogen-bond donors (Lipinski definition) is 0. The Balaban J connectivity index is 2.91. The summed E-state index contributed by atoms with van der Waals surface area (Å²) in [5.41, 5.74) is -1.23. The average Bonchev–Trinajstić information content (AvgIpc) is 2.02. The van der Waals surface area contributed by atoms with Gasteiger partial charge in [-0.15, -0.1) is 0 Å². The molecule has 5 heteroatoms. The monoisotopic (exact) mass is 217 g/mol. The van der Waals surface area contributed by atoms with E-state index in [4.69, 9.17) is 16.3 Å². The maximum atomic E-state index is 12.5. The van der Waals surface area contributed by atoms with Gasteiger partial charge in [0, 0.05) is 23.4 Å². The summed E-state index contributed by atoms with van der Waals surface area (Å²) in [4.78, 5) is 14.0. The zero-order valence-electron chi connectivity index (χ0n) is 7.75. The van der Waals surface area contributed by atoms with E-state index in [-0.39, 0.29) is 0 Å². The van der Waals surface area contributed by atoms with E-state index in [2.05, 4.69) is 4.98 Å². The highest BCUT2D eigenvalue weighted by atomic mass is 35.5. The molecule has 0 bridgehead atoms. The number of carbonyl (C=O) groups excluding carboxylic acids is 1. The molecule has 76 valence electrons. The van der Waals surface area contributed by atoms with E-state index in [9.17, 15) is 9.18 Å². The van der Waals surface area contributed by atoms with Crippen molar-refractivity contribution >= 4 is 17.0 Å². The Morgan fingerprint density at radius 2 is 2.21 bits per heavy atom. The molecule has 0 aliphatic carbocycles. The van der Waals surface area contributed by atoms with Crippen LogP contribution < -0.4 is 0 Å². The summed E-state index contributed by atoms with van der Waals surface area (Å²) in [7, 11) is 0. The van der Waals surface area contributed by atoms with Gasteiger partial charge in [0.15, 0.2) is 0 Å². The molecule has 1 heterocycles. The minimum atomic E-state index is -0.903. The molecule has 0 aromatic carbocycles. The summed E-state index contributed by atoms with van der Waals surface area (Å²) in [6.07, 6.45) is 1.30. The van der Waals surface area contributed by atoms with Crippen LogP contribution in [-0.4, -0.2) is 10.4 Å². The highest BCUT2D eigenvalue weighted by Gasteiger charge is 2.24. The second-order valence-corrected chi connectivity index (χ2v) is 3.53. The van der Waals surface area contributed by atoms with Gasteiger partial charge in [0.2, 0.25) is 5.95 Å². The first-order valence-corrected chi connectivity index (χ1v) is 4.30. The van der Waals surface area contributed by atoms with Gasteiger partial charge in [-0.05, 0) is 26.0 Å². The maximum absolute atomic E-state index is 12.5. The van der Waals surface area contributed by atoms with Gasteiger partial charge in [-0.3, -0.25) is 0 Å². The Kier molecular flexibility index (Phi) is 3.06. The Hall–Kier alpha value is -1.16. The summed E-state index contributed by atoms with van der Waals surface area (Å²) in [5, 5.41) is 0. The lowest BCUT2D eigenvalue weighted by Crippen LogP contribution is -2.23. The van der Waals surface area contributed by atoms with Gasteiger partial charge >= 0.3 is 5.43 Å². The number of hydrogen-bond acceptors (Lipinski definition) is 3. The highest BCUT2D eigenvalue weighted by Crippen LogP contribution is 2.24. The quantitative estimate of drug-likeness (QED) is 0.565. The Morgan fingerprint density at radius 3 is 2.64 bits per heavy atom. The first kappa shape index (κ1) is 10.9. The molecule has 0 unspecified atom stereocenters. The van der Waals surface area contributed by atoms with Gasteiger partial charge in [-0.1, -0.05) is 0 Å². The molecular weight excluding hydrogens is 209 g/mol. The molecule has 0 N–H and O–H groups in total. The molecule has 0 radical (unpaired) electrons. The number of aromatic nitrogens is 1. The normalized spacial score (nSPS) is 11.1. The molecular formula is C9H9ClFNO2. The van der Waals surface area contributed by atoms with Crippen LogP contribution in [0.1, 0.15) is 19.4 Å². The largest absolute Gasteiger partial charge is 0.443 e. The summed E-state index contributed by atoms with van der Waals surface area (Å²) >= 11 is 5.09. The third-order valence-corrected chi connectivity index (χ3v) is 1.84. The molecule has 1 rings (SSSR count). The smallest absolute Gasteiger partial charge is 0.404 e. The maximum Gasteiger partial charge on any atom is 0.404 e. The molecule has 1 aromatic rings. The predicted octanol–water partition coefficient (Wildman–Crippen LogP) is 2.83. The highest BCUT2D eigenvalue weighted by molar-refractivity contribution is 6.61. The van der Waals surface area contributed by atoms with Crippen LogP contribution in [0, 0.1) is 5.95 Å². The van der Waals surface area contributed by atoms with Gasteiger partial charge in [0.05, 0.1) is 0 Å². The van der Waals surface area contributed by atoms with Crippen LogP contribution in [0.4, 0.5) is 9.18 Å². The average molecular weight is 218 g/mol. The van der Waals surface area contributed by atoms with E-state index < -0.39 is 17.0 Å². The van der Waals surface area contributed by atoms with Crippen LogP contribution in [0.25, 0.3) is 0 Å². The number of pyridine rings is 1. The van der Waals surface area contributed by atoms with Gasteiger partial charge in [-0.2, -0.15) is 4.39 Å². The Bertz CT molecular complexity index is 337. The second-order valence-electron chi connectivity index (χ2n) is 3.22. The number of carbonyl (C=O) groups is 1. The fourth-order valence-electron chi connectivity index (χ4n) is 0.991. The van der Waals surface area contributed by atoms with Crippen LogP contribution in [0.15, 0.2) is 18.3 Å². The minimum absolute atomic E-state index is 0.577. The van der Waals surface area contributed by atoms with Gasteiger partial charge in [-0.25, -0.2) is 9.78 Å². The molecule has 0 atom stereocenters. The van der Waals surface area contributed by atoms with E-state index >= 15 is 0 Å². The van der Waals surface area contributed by atoms with Crippen molar-refractivity contribution in [2.24, 2.45) is 0 Å². The Morgan fingerprint density at radius 1 is 1.57 bits per heavy atom. The third kappa shape index (κ3) is 2.67. The van der Waals surface area contributed by atoms with Crippen LogP contribution in [0.5, 0.6) is 0 Å². The molecule has 0 aliphatic heterocycles. The lowest BCUT2D eigenvalue weighted by Gasteiger charge is -2.23. The molecule has 14 heavy (non-hydrogen) atoms. The first-order chi connectivity index (χ1) is 6.42. The topological polar surface area (TPSA) is 39.2 Å². The lowest BCUT2D eigenvalue weighted by atomic mass is 10.0. The van der Waals surface area contributed by atoms with E-state index in [0.29, 0.717) is 5.56 Å². The Labute approximate surface area is 85.9 Å². The zero-order chi connectivity index (χ0) is 10.8. The SMILES string of the molecule is CC(C)(OC(=O)Cl)c1ccc(F)nc1. The first-order valence-electron chi connectivity index (χ1n) is 3.92. The van der Waals surface area contributed by atoms with Crippen molar-refractivity contribution in [1.29, 1.82) is 0 Å². The number of nitrogens with zero attached hydrogens (tertiary/aromatic N) is 1. The molecule has 0 spiro atoms. The molecule has 0 saturated carbocycles. The molecule has 1 aromatic heterocycles. The lowest BCUT2D eigenvalue weighted by molar-refractivity contribution is 0.0548. The van der Waals surface area contributed by atoms with Crippen LogP contribution in [0.3, 0.4) is 0 Å². The molecule has 0 saturated heterocycles. The summed E-state index contributed by atoms with van der Waals surface area (Å²) in [5.74, 6) is -0.582. The van der Waals surface area contributed by atoms with E-state index in [1.165, 1.54) is 18.3 Å². The second kappa shape index (κ2) is 3.92. The van der Waals surface area contributed by atoms with Crippen LogP contribution in [-0.2, 0) is 10.3 Å². The molecule has 0 fully saturated rings. The van der Waals surface area contributed by atoms with Crippen LogP contribution in [0.2, 0.25) is 0 Å². The van der Waals surface area contributed by atoms with Crippen molar-refractivity contribution < 1.29 is 13.9 Å². The number of ether oxygens (including phenoxy) is 1. The van der Waals surface area contributed by atoms with Crippen LogP contribution >= 0.6 is 11.6 Å². The van der Waals surface area contributed by atoms with Crippen molar-refractivity contribution in [3.8, 4) is 0 Å². The molecule has 3 nitrogen and oxygen atoms in total. The van der Waals surface area contributed by atoms with E-state index in [1.54, 1.807) is 13.8 Å².